The molecule has 0 bridgehead atoms. The van der Waals surface area contributed by atoms with Crippen LogP contribution < -0.4 is 10.6 Å². The van der Waals surface area contributed by atoms with E-state index in [1.54, 1.807) is 6.92 Å². The van der Waals surface area contributed by atoms with Gasteiger partial charge in [0, 0.05) is 19.5 Å². The molecule has 4 heteroatoms. The van der Waals surface area contributed by atoms with E-state index in [1.165, 1.54) is 25.9 Å². The number of nitrogens with zero attached hydrogens (tertiary/aromatic N) is 1. The van der Waals surface area contributed by atoms with Crippen LogP contribution in [0.15, 0.2) is 0 Å². The molecule has 0 spiro atoms. The molecule has 0 aromatic carbocycles. The third kappa shape index (κ3) is 5.74. The summed E-state index contributed by atoms with van der Waals surface area (Å²) in [7, 11) is 2.17. The van der Waals surface area contributed by atoms with Crippen LogP contribution in [0.5, 0.6) is 0 Å². The van der Waals surface area contributed by atoms with E-state index in [0.717, 1.165) is 19.5 Å². The van der Waals surface area contributed by atoms with Gasteiger partial charge in [-0.25, -0.2) is 0 Å². The van der Waals surface area contributed by atoms with E-state index in [1.807, 2.05) is 0 Å². The fraction of sp³-hybridized carbons (Fsp3) is 0.909. The molecule has 4 nitrogen and oxygen atoms in total. The molecular weight excluding hydrogens is 190 g/mol. The van der Waals surface area contributed by atoms with Gasteiger partial charge in [0.2, 0.25) is 5.91 Å². The van der Waals surface area contributed by atoms with E-state index in [0.29, 0.717) is 6.04 Å². The van der Waals surface area contributed by atoms with E-state index in [4.69, 9.17) is 0 Å². The second kappa shape index (κ2) is 6.80. The summed E-state index contributed by atoms with van der Waals surface area (Å²) < 4.78 is 0. The fourth-order valence-electron chi connectivity index (χ4n) is 1.87. The molecule has 88 valence electrons. The summed E-state index contributed by atoms with van der Waals surface area (Å²) in [5, 5.41) is 6.34. The minimum absolute atomic E-state index is 0.0642. The van der Waals surface area contributed by atoms with Crippen molar-refractivity contribution in [3.8, 4) is 0 Å². The normalized spacial score (nSPS) is 19.1. The lowest BCUT2D eigenvalue weighted by Gasteiger charge is -2.29. The molecule has 0 saturated carbocycles. The maximum atomic E-state index is 10.6. The molecule has 0 atom stereocenters. The highest BCUT2D eigenvalue weighted by molar-refractivity contribution is 5.72. The first-order valence-corrected chi connectivity index (χ1v) is 5.85. The van der Waals surface area contributed by atoms with Gasteiger partial charge in [-0.1, -0.05) is 0 Å². The van der Waals surface area contributed by atoms with Gasteiger partial charge < -0.3 is 15.5 Å². The Morgan fingerprint density at radius 2 is 2.00 bits per heavy atom. The van der Waals surface area contributed by atoms with Gasteiger partial charge in [0.1, 0.15) is 0 Å². The fourth-order valence-corrected chi connectivity index (χ4v) is 1.87. The number of likely N-dealkylation sites (tertiary alicyclic amines) is 1. The van der Waals surface area contributed by atoms with Gasteiger partial charge in [0.25, 0.3) is 0 Å². The molecule has 1 saturated heterocycles. The molecule has 1 heterocycles. The molecule has 1 amide bonds. The highest BCUT2D eigenvalue weighted by atomic mass is 16.1. The Hall–Kier alpha value is -0.610. The summed E-state index contributed by atoms with van der Waals surface area (Å²) in [6.07, 6.45) is 3.51. The van der Waals surface area contributed by atoms with Crippen LogP contribution in [0.25, 0.3) is 0 Å². The molecule has 2 N–H and O–H groups in total. The van der Waals surface area contributed by atoms with Crippen LogP contribution in [0.1, 0.15) is 26.2 Å². The van der Waals surface area contributed by atoms with E-state index in [9.17, 15) is 4.79 Å². The second-order valence-electron chi connectivity index (χ2n) is 4.37. The summed E-state index contributed by atoms with van der Waals surface area (Å²) in [6.45, 7) is 5.75. The molecule has 1 aliphatic rings. The smallest absolute Gasteiger partial charge is 0.216 e. The first-order chi connectivity index (χ1) is 7.18. The van der Waals surface area contributed by atoms with Crippen LogP contribution in [0.4, 0.5) is 0 Å². The summed E-state index contributed by atoms with van der Waals surface area (Å²) >= 11 is 0. The SMILES string of the molecule is CC(=O)NCCCNC1CCN(C)CC1. The highest BCUT2D eigenvalue weighted by Crippen LogP contribution is 2.07. The maximum Gasteiger partial charge on any atom is 0.216 e. The Labute approximate surface area is 92.4 Å². The zero-order valence-electron chi connectivity index (χ0n) is 9.88. The molecule has 0 aliphatic carbocycles. The van der Waals surface area contributed by atoms with E-state index >= 15 is 0 Å². The average Bonchev–Trinajstić information content (AvgIpc) is 2.20. The third-order valence-electron chi connectivity index (χ3n) is 2.88. The lowest BCUT2D eigenvalue weighted by atomic mass is 10.1. The van der Waals surface area contributed by atoms with Gasteiger partial charge in [-0.15, -0.1) is 0 Å². The second-order valence-corrected chi connectivity index (χ2v) is 4.37. The van der Waals surface area contributed by atoms with Crippen molar-refractivity contribution in [2.45, 2.75) is 32.2 Å². The van der Waals surface area contributed by atoms with Crippen molar-refractivity contribution in [2.24, 2.45) is 0 Å². The number of piperidine rings is 1. The predicted octanol–water partition coefficient (Wildman–Crippen LogP) is 0.196. The predicted molar refractivity (Wildman–Crippen MR) is 61.8 cm³/mol. The van der Waals surface area contributed by atoms with E-state index in [2.05, 4.69) is 22.6 Å². The molecule has 1 aliphatic heterocycles. The van der Waals surface area contributed by atoms with Crippen molar-refractivity contribution in [3.63, 3.8) is 0 Å². The lowest BCUT2D eigenvalue weighted by molar-refractivity contribution is -0.118. The van der Waals surface area contributed by atoms with Gasteiger partial charge in [0.15, 0.2) is 0 Å². The Kier molecular flexibility index (Phi) is 5.65. The molecule has 0 radical (unpaired) electrons. The summed E-state index contributed by atoms with van der Waals surface area (Å²) in [6, 6.07) is 0.679. The average molecular weight is 213 g/mol. The van der Waals surface area contributed by atoms with Crippen LogP contribution in [0, 0.1) is 0 Å². The van der Waals surface area contributed by atoms with Crippen molar-refractivity contribution in [1.82, 2.24) is 15.5 Å². The number of rotatable bonds is 5. The molecule has 15 heavy (non-hydrogen) atoms. The molecule has 1 fully saturated rings. The summed E-state index contributed by atoms with van der Waals surface area (Å²) in [5.74, 6) is 0.0642. The van der Waals surface area contributed by atoms with Crippen LogP contribution in [-0.2, 0) is 4.79 Å². The van der Waals surface area contributed by atoms with Crippen molar-refractivity contribution < 1.29 is 4.79 Å². The van der Waals surface area contributed by atoms with E-state index < -0.39 is 0 Å². The largest absolute Gasteiger partial charge is 0.356 e. The van der Waals surface area contributed by atoms with Crippen molar-refractivity contribution in [3.05, 3.63) is 0 Å². The Morgan fingerprint density at radius 1 is 1.33 bits per heavy atom. The maximum absolute atomic E-state index is 10.6. The number of amides is 1. The van der Waals surface area contributed by atoms with Gasteiger partial charge in [0.05, 0.1) is 0 Å². The Bertz CT molecular complexity index is 188. The Balaban J connectivity index is 1.94. The van der Waals surface area contributed by atoms with Crippen molar-refractivity contribution in [1.29, 1.82) is 0 Å². The molecular formula is C11H23N3O. The number of carbonyl (C=O) groups excluding carboxylic acids is 1. The minimum Gasteiger partial charge on any atom is -0.356 e. The first-order valence-electron chi connectivity index (χ1n) is 5.85. The molecule has 0 aromatic heterocycles. The highest BCUT2D eigenvalue weighted by Gasteiger charge is 2.15. The molecule has 0 aromatic rings. The summed E-state index contributed by atoms with van der Waals surface area (Å²) in [5.41, 5.74) is 0. The van der Waals surface area contributed by atoms with Crippen molar-refractivity contribution in [2.75, 3.05) is 33.2 Å². The first kappa shape index (κ1) is 12.5. The van der Waals surface area contributed by atoms with Crippen LogP contribution in [0.2, 0.25) is 0 Å². The van der Waals surface area contributed by atoms with Crippen LogP contribution >= 0.6 is 0 Å². The van der Waals surface area contributed by atoms with Gasteiger partial charge in [-0.3, -0.25) is 4.79 Å². The standard InChI is InChI=1S/C11H23N3O/c1-10(15)12-6-3-7-13-11-4-8-14(2)9-5-11/h11,13H,3-9H2,1-2H3,(H,12,15). The Morgan fingerprint density at radius 3 is 2.60 bits per heavy atom. The molecule has 0 unspecified atom stereocenters. The van der Waals surface area contributed by atoms with Gasteiger partial charge in [-0.2, -0.15) is 0 Å². The van der Waals surface area contributed by atoms with Crippen LogP contribution in [0.3, 0.4) is 0 Å². The van der Waals surface area contributed by atoms with Crippen molar-refractivity contribution >= 4 is 5.91 Å². The topological polar surface area (TPSA) is 44.4 Å². The summed E-state index contributed by atoms with van der Waals surface area (Å²) in [4.78, 5) is 13.0. The van der Waals surface area contributed by atoms with Gasteiger partial charge >= 0.3 is 0 Å². The quantitative estimate of drug-likeness (QED) is 0.641. The zero-order chi connectivity index (χ0) is 11.1. The number of hydrogen-bond acceptors (Lipinski definition) is 3. The van der Waals surface area contributed by atoms with Gasteiger partial charge in [-0.05, 0) is 45.9 Å². The minimum atomic E-state index is 0.0642. The number of nitrogens with one attached hydrogen (secondary N) is 2. The zero-order valence-corrected chi connectivity index (χ0v) is 9.88. The lowest BCUT2D eigenvalue weighted by Crippen LogP contribution is -2.41. The van der Waals surface area contributed by atoms with E-state index in [-0.39, 0.29) is 5.91 Å². The number of hydrogen-bond donors (Lipinski definition) is 2. The monoisotopic (exact) mass is 213 g/mol. The molecule has 1 rings (SSSR count). The number of carbonyl (C=O) groups is 1. The van der Waals surface area contributed by atoms with Crippen LogP contribution in [-0.4, -0.2) is 50.1 Å². The third-order valence-corrected chi connectivity index (χ3v) is 2.88.